The van der Waals surface area contributed by atoms with Crippen LogP contribution in [-0.4, -0.2) is 32.8 Å². The Labute approximate surface area is 145 Å². The Morgan fingerprint density at radius 1 is 1.38 bits per heavy atom. The number of carboxylic acid groups (broad SMARTS) is 1. The second-order valence-corrected chi connectivity index (χ2v) is 6.08. The lowest BCUT2D eigenvalue weighted by Gasteiger charge is -2.17. The van der Waals surface area contributed by atoms with E-state index in [0.717, 1.165) is 11.4 Å². The van der Waals surface area contributed by atoms with E-state index in [9.17, 15) is 9.59 Å². The van der Waals surface area contributed by atoms with Crippen molar-refractivity contribution in [1.82, 2.24) is 15.1 Å². The van der Waals surface area contributed by atoms with E-state index in [1.54, 1.807) is 30.7 Å². The number of rotatable bonds is 6. The van der Waals surface area contributed by atoms with E-state index in [1.165, 1.54) is 6.20 Å². The highest BCUT2D eigenvalue weighted by Crippen LogP contribution is 2.19. The van der Waals surface area contributed by atoms with Crippen LogP contribution in [0.25, 0.3) is 5.69 Å². The minimum absolute atomic E-state index is 0.333. The number of hydrogen-bond donors (Lipinski definition) is 2. The molecule has 0 bridgehead atoms. The largest absolute Gasteiger partial charge is 0.481 e. The molecule has 0 saturated heterocycles. The predicted molar refractivity (Wildman–Crippen MR) is 91.7 cm³/mol. The maximum absolute atomic E-state index is 12.5. The quantitative estimate of drug-likeness (QED) is 0.839. The lowest BCUT2D eigenvalue weighted by atomic mass is 10.0. The highest BCUT2D eigenvalue weighted by atomic mass is 35.5. The second-order valence-electron chi connectivity index (χ2n) is 5.64. The molecule has 24 heavy (non-hydrogen) atoms. The summed E-state index contributed by atoms with van der Waals surface area (Å²) < 4.78 is 1.67. The number of carbonyl (C=O) groups is 2. The summed E-state index contributed by atoms with van der Waals surface area (Å²) in [5.41, 5.74) is 1.94. The fraction of sp³-hybridized carbons (Fsp3) is 0.353. The number of benzene rings is 1. The van der Waals surface area contributed by atoms with E-state index >= 15 is 0 Å². The van der Waals surface area contributed by atoms with Gasteiger partial charge >= 0.3 is 5.97 Å². The van der Waals surface area contributed by atoms with E-state index in [-0.39, 0.29) is 5.91 Å². The van der Waals surface area contributed by atoms with Gasteiger partial charge in [0.1, 0.15) is 0 Å². The molecule has 2 unspecified atom stereocenters. The topological polar surface area (TPSA) is 84.2 Å². The zero-order chi connectivity index (χ0) is 17.9. The van der Waals surface area contributed by atoms with Gasteiger partial charge in [0.25, 0.3) is 5.91 Å². The van der Waals surface area contributed by atoms with Crippen LogP contribution in [0.1, 0.15) is 36.8 Å². The zero-order valence-electron chi connectivity index (χ0n) is 13.8. The molecule has 6 nitrogen and oxygen atoms in total. The number of nitrogens with one attached hydrogen (secondary N) is 1. The van der Waals surface area contributed by atoms with Crippen LogP contribution in [0.15, 0.2) is 30.5 Å². The number of nitrogens with zero attached hydrogens (tertiary/aromatic N) is 2. The molecule has 1 heterocycles. The van der Waals surface area contributed by atoms with Crippen LogP contribution < -0.4 is 5.32 Å². The van der Waals surface area contributed by atoms with Gasteiger partial charge in [0.05, 0.1) is 29.1 Å². The van der Waals surface area contributed by atoms with Crippen LogP contribution in [0.4, 0.5) is 0 Å². The Morgan fingerprint density at radius 3 is 2.67 bits per heavy atom. The maximum Gasteiger partial charge on any atom is 0.308 e. The van der Waals surface area contributed by atoms with Gasteiger partial charge in [-0.3, -0.25) is 9.59 Å². The van der Waals surface area contributed by atoms with Crippen LogP contribution in [0, 0.1) is 5.92 Å². The fourth-order valence-corrected chi connectivity index (χ4v) is 2.54. The first-order valence-corrected chi connectivity index (χ1v) is 8.09. The normalized spacial score (nSPS) is 13.3. The first kappa shape index (κ1) is 18.0. The molecule has 0 aliphatic carbocycles. The van der Waals surface area contributed by atoms with Crippen LogP contribution in [-0.2, 0) is 11.2 Å². The van der Waals surface area contributed by atoms with E-state index in [0.29, 0.717) is 17.0 Å². The van der Waals surface area contributed by atoms with Gasteiger partial charge in [-0.2, -0.15) is 5.10 Å². The second kappa shape index (κ2) is 7.49. The number of carbonyl (C=O) groups excluding carboxylic acids is 1. The Morgan fingerprint density at radius 2 is 2.08 bits per heavy atom. The van der Waals surface area contributed by atoms with Crippen molar-refractivity contribution in [2.75, 3.05) is 0 Å². The summed E-state index contributed by atoms with van der Waals surface area (Å²) in [6.07, 6.45) is 2.09. The van der Waals surface area contributed by atoms with Crippen molar-refractivity contribution in [1.29, 1.82) is 0 Å². The number of aromatic nitrogens is 2. The molecular weight excluding hydrogens is 330 g/mol. The molecule has 1 amide bonds. The molecule has 2 rings (SSSR count). The molecule has 0 fully saturated rings. The van der Waals surface area contributed by atoms with Crippen molar-refractivity contribution >= 4 is 23.5 Å². The summed E-state index contributed by atoms with van der Waals surface area (Å²) in [4.78, 5) is 23.5. The molecule has 0 aliphatic rings. The third kappa shape index (κ3) is 3.76. The number of hydrogen-bond acceptors (Lipinski definition) is 3. The van der Waals surface area contributed by atoms with E-state index in [2.05, 4.69) is 10.4 Å². The zero-order valence-corrected chi connectivity index (χ0v) is 14.5. The van der Waals surface area contributed by atoms with E-state index in [4.69, 9.17) is 16.7 Å². The molecular formula is C17H20ClN3O3. The molecule has 2 atom stereocenters. The molecule has 7 heteroatoms. The summed E-state index contributed by atoms with van der Waals surface area (Å²) in [5, 5.41) is 16.6. The monoisotopic (exact) mass is 349 g/mol. The van der Waals surface area contributed by atoms with Gasteiger partial charge in [-0.1, -0.05) is 24.6 Å². The summed E-state index contributed by atoms with van der Waals surface area (Å²) >= 11 is 6.02. The Bertz CT molecular complexity index is 757. The maximum atomic E-state index is 12.5. The predicted octanol–water partition coefficient (Wildman–Crippen LogP) is 2.93. The van der Waals surface area contributed by atoms with Crippen molar-refractivity contribution in [3.63, 3.8) is 0 Å². The minimum atomic E-state index is -0.951. The van der Waals surface area contributed by atoms with Crippen molar-refractivity contribution in [2.45, 2.75) is 33.2 Å². The SMILES string of the molecule is CCc1c(C(=O)NC(C)C(C)C(=O)O)cnn1-c1cccc(Cl)c1. The molecule has 128 valence electrons. The van der Waals surface area contributed by atoms with Gasteiger partial charge < -0.3 is 10.4 Å². The molecule has 0 aliphatic heterocycles. The molecule has 0 radical (unpaired) electrons. The highest BCUT2D eigenvalue weighted by Gasteiger charge is 2.24. The Balaban J connectivity index is 2.29. The van der Waals surface area contributed by atoms with E-state index in [1.807, 2.05) is 19.1 Å². The Hall–Kier alpha value is -2.34. The minimum Gasteiger partial charge on any atom is -0.481 e. The third-order valence-electron chi connectivity index (χ3n) is 4.00. The molecule has 0 saturated carbocycles. The number of carboxylic acids is 1. The first-order valence-electron chi connectivity index (χ1n) is 7.71. The van der Waals surface area contributed by atoms with Gasteiger partial charge in [0.15, 0.2) is 0 Å². The summed E-state index contributed by atoms with van der Waals surface area (Å²) in [6, 6.07) is 6.71. The summed E-state index contributed by atoms with van der Waals surface area (Å²) in [7, 11) is 0. The third-order valence-corrected chi connectivity index (χ3v) is 4.23. The van der Waals surface area contributed by atoms with Gasteiger partial charge in [-0.15, -0.1) is 0 Å². The van der Waals surface area contributed by atoms with Crippen LogP contribution in [0.3, 0.4) is 0 Å². The lowest BCUT2D eigenvalue weighted by Crippen LogP contribution is -2.40. The summed E-state index contributed by atoms with van der Waals surface area (Å²) in [6.45, 7) is 5.16. The van der Waals surface area contributed by atoms with E-state index < -0.39 is 17.9 Å². The molecule has 2 aromatic rings. The molecule has 1 aromatic carbocycles. The van der Waals surface area contributed by atoms with Crippen LogP contribution in [0.5, 0.6) is 0 Å². The van der Waals surface area contributed by atoms with Crippen molar-refractivity contribution in [3.8, 4) is 5.69 Å². The van der Waals surface area contributed by atoms with Crippen LogP contribution in [0.2, 0.25) is 5.02 Å². The molecule has 0 spiro atoms. The van der Waals surface area contributed by atoms with Crippen LogP contribution >= 0.6 is 11.6 Å². The van der Waals surface area contributed by atoms with Gasteiger partial charge in [-0.25, -0.2) is 4.68 Å². The lowest BCUT2D eigenvalue weighted by molar-refractivity contribution is -0.141. The Kier molecular flexibility index (Phi) is 5.62. The molecule has 2 N–H and O–H groups in total. The number of halogens is 1. The van der Waals surface area contributed by atoms with Crippen molar-refractivity contribution in [2.24, 2.45) is 5.92 Å². The van der Waals surface area contributed by atoms with Gasteiger partial charge in [-0.05, 0) is 38.5 Å². The molecule has 1 aromatic heterocycles. The number of aliphatic carboxylic acids is 1. The smallest absolute Gasteiger partial charge is 0.308 e. The van der Waals surface area contributed by atoms with Crippen molar-refractivity contribution < 1.29 is 14.7 Å². The first-order chi connectivity index (χ1) is 11.3. The van der Waals surface area contributed by atoms with Crippen molar-refractivity contribution in [3.05, 3.63) is 46.7 Å². The average molecular weight is 350 g/mol. The van der Waals surface area contributed by atoms with Gasteiger partial charge in [0, 0.05) is 11.1 Å². The highest BCUT2D eigenvalue weighted by molar-refractivity contribution is 6.30. The average Bonchev–Trinajstić information content (AvgIpc) is 2.97. The standard InChI is InChI=1S/C17H20ClN3O3/c1-4-15-14(16(22)20-11(3)10(2)17(23)24)9-19-21(15)13-7-5-6-12(18)8-13/h5-11H,4H2,1-3H3,(H,20,22)(H,23,24). The number of amides is 1. The van der Waals surface area contributed by atoms with Gasteiger partial charge in [0.2, 0.25) is 0 Å². The fourth-order valence-electron chi connectivity index (χ4n) is 2.36. The summed E-state index contributed by atoms with van der Waals surface area (Å²) in [5.74, 6) is -1.96.